The summed E-state index contributed by atoms with van der Waals surface area (Å²) in [5.74, 6) is 1.07. The smallest absolute Gasteiger partial charge is 0.193 e. The Bertz CT molecular complexity index is 411. The van der Waals surface area contributed by atoms with Gasteiger partial charge in [-0.15, -0.1) is 24.0 Å². The second kappa shape index (κ2) is 6.97. The van der Waals surface area contributed by atoms with Crippen molar-refractivity contribution in [2.24, 2.45) is 10.7 Å². The molecule has 0 heterocycles. The first-order chi connectivity index (χ1) is 8.15. The first-order valence-electron chi connectivity index (χ1n) is 6.35. The van der Waals surface area contributed by atoms with Gasteiger partial charge in [0, 0.05) is 5.69 Å². The molecule has 0 radical (unpaired) electrons. The molecule has 0 aliphatic heterocycles. The van der Waals surface area contributed by atoms with E-state index in [-0.39, 0.29) is 24.0 Å². The van der Waals surface area contributed by atoms with Gasteiger partial charge in [-0.05, 0) is 42.9 Å². The Morgan fingerprint density at radius 2 is 2.11 bits per heavy atom. The predicted molar refractivity (Wildman–Crippen MR) is 88.8 cm³/mol. The van der Waals surface area contributed by atoms with Gasteiger partial charge in [0.25, 0.3) is 0 Å². The van der Waals surface area contributed by atoms with Crippen molar-refractivity contribution in [2.45, 2.75) is 45.1 Å². The Morgan fingerprint density at radius 3 is 2.67 bits per heavy atom. The molecule has 4 heteroatoms. The summed E-state index contributed by atoms with van der Waals surface area (Å²) in [5.41, 5.74) is 8.22. The van der Waals surface area contributed by atoms with Crippen LogP contribution in [0.4, 0.5) is 5.69 Å². The first kappa shape index (κ1) is 15.3. The molecule has 0 atom stereocenters. The highest BCUT2D eigenvalue weighted by atomic mass is 127. The zero-order valence-corrected chi connectivity index (χ0v) is 13.3. The van der Waals surface area contributed by atoms with E-state index in [4.69, 9.17) is 5.73 Å². The lowest BCUT2D eigenvalue weighted by Gasteiger charge is -2.21. The number of hydrogen-bond donors (Lipinski definition) is 2. The van der Waals surface area contributed by atoms with Gasteiger partial charge >= 0.3 is 0 Å². The second-order valence-corrected chi connectivity index (χ2v) is 5.00. The van der Waals surface area contributed by atoms with E-state index in [2.05, 4.69) is 36.3 Å². The van der Waals surface area contributed by atoms with Crippen molar-refractivity contribution in [1.82, 2.24) is 0 Å². The summed E-state index contributed by atoms with van der Waals surface area (Å²) in [4.78, 5) is 4.44. The number of anilines is 1. The molecule has 1 aromatic carbocycles. The molecule has 18 heavy (non-hydrogen) atoms. The van der Waals surface area contributed by atoms with E-state index >= 15 is 0 Å². The third kappa shape index (κ3) is 4.15. The van der Waals surface area contributed by atoms with Crippen LogP contribution in [0.15, 0.2) is 29.3 Å². The van der Waals surface area contributed by atoms with Gasteiger partial charge in [-0.2, -0.15) is 0 Å². The number of nitrogens with one attached hydrogen (secondary N) is 1. The van der Waals surface area contributed by atoms with Gasteiger partial charge in [0.15, 0.2) is 5.96 Å². The standard InChI is InChI=1S/C14H21N3.HI/c1-10(2)11-5-3-8-13(9-11)17-14(15)16-12-6-4-7-12;/h3,5,8-10,12H,4,6-7H2,1-2H3,(H3,15,16,17);1H. The Kier molecular flexibility index (Phi) is 5.91. The molecule has 2 rings (SSSR count). The minimum Gasteiger partial charge on any atom is -0.370 e. The topological polar surface area (TPSA) is 50.4 Å². The molecule has 1 fully saturated rings. The Balaban J connectivity index is 0.00000162. The minimum absolute atomic E-state index is 0. The van der Waals surface area contributed by atoms with Crippen LogP contribution in [0.25, 0.3) is 0 Å². The number of benzene rings is 1. The van der Waals surface area contributed by atoms with E-state index in [0.29, 0.717) is 17.9 Å². The molecular weight excluding hydrogens is 337 g/mol. The second-order valence-electron chi connectivity index (χ2n) is 5.00. The first-order valence-corrected chi connectivity index (χ1v) is 6.35. The van der Waals surface area contributed by atoms with Gasteiger partial charge in [0.05, 0.1) is 6.04 Å². The summed E-state index contributed by atoms with van der Waals surface area (Å²) >= 11 is 0. The molecule has 1 saturated carbocycles. The van der Waals surface area contributed by atoms with Gasteiger partial charge < -0.3 is 11.1 Å². The highest BCUT2D eigenvalue weighted by molar-refractivity contribution is 14.0. The van der Waals surface area contributed by atoms with Gasteiger partial charge in [0.2, 0.25) is 0 Å². The molecule has 0 bridgehead atoms. The zero-order chi connectivity index (χ0) is 12.3. The molecular formula is C14H22IN3. The highest BCUT2D eigenvalue weighted by Gasteiger charge is 2.16. The van der Waals surface area contributed by atoms with Gasteiger partial charge in [0.1, 0.15) is 0 Å². The van der Waals surface area contributed by atoms with Crippen LogP contribution in [0, 0.1) is 0 Å². The average molecular weight is 359 g/mol. The summed E-state index contributed by atoms with van der Waals surface area (Å²) in [6.45, 7) is 4.37. The number of hydrogen-bond acceptors (Lipinski definition) is 1. The van der Waals surface area contributed by atoms with Gasteiger partial charge in [-0.3, -0.25) is 0 Å². The highest BCUT2D eigenvalue weighted by Crippen LogP contribution is 2.22. The molecule has 1 aliphatic carbocycles. The maximum Gasteiger partial charge on any atom is 0.193 e. The van der Waals surface area contributed by atoms with Crippen LogP contribution in [-0.2, 0) is 0 Å². The Hall–Kier alpha value is -0.780. The Morgan fingerprint density at radius 1 is 1.39 bits per heavy atom. The third-order valence-electron chi connectivity index (χ3n) is 3.22. The fourth-order valence-electron chi connectivity index (χ4n) is 1.87. The fraction of sp³-hybridized carbons (Fsp3) is 0.500. The normalized spacial score (nSPS) is 16.1. The molecule has 100 valence electrons. The lowest BCUT2D eigenvalue weighted by atomic mass is 9.94. The third-order valence-corrected chi connectivity index (χ3v) is 3.22. The molecule has 1 aromatic rings. The molecule has 0 amide bonds. The molecule has 0 unspecified atom stereocenters. The molecule has 0 spiro atoms. The number of nitrogens with zero attached hydrogens (tertiary/aromatic N) is 1. The van der Waals surface area contributed by atoms with Crippen LogP contribution >= 0.6 is 24.0 Å². The van der Waals surface area contributed by atoms with Crippen LogP contribution < -0.4 is 11.1 Å². The fourth-order valence-corrected chi connectivity index (χ4v) is 1.87. The van der Waals surface area contributed by atoms with E-state index in [9.17, 15) is 0 Å². The van der Waals surface area contributed by atoms with E-state index in [1.807, 2.05) is 12.1 Å². The lowest BCUT2D eigenvalue weighted by Crippen LogP contribution is -2.27. The summed E-state index contributed by atoms with van der Waals surface area (Å²) in [5, 5.41) is 3.16. The summed E-state index contributed by atoms with van der Waals surface area (Å²) < 4.78 is 0. The Labute approximate surface area is 126 Å². The quantitative estimate of drug-likeness (QED) is 0.491. The van der Waals surface area contributed by atoms with E-state index < -0.39 is 0 Å². The van der Waals surface area contributed by atoms with E-state index in [1.165, 1.54) is 24.8 Å². The number of rotatable bonds is 3. The van der Waals surface area contributed by atoms with Crippen LogP contribution in [0.5, 0.6) is 0 Å². The number of nitrogens with two attached hydrogens (primary N) is 1. The van der Waals surface area contributed by atoms with Crippen LogP contribution in [0.2, 0.25) is 0 Å². The molecule has 0 saturated heterocycles. The predicted octanol–water partition coefficient (Wildman–Crippen LogP) is 3.71. The number of guanidine groups is 1. The van der Waals surface area contributed by atoms with E-state index in [1.54, 1.807) is 0 Å². The monoisotopic (exact) mass is 359 g/mol. The van der Waals surface area contributed by atoms with Crippen LogP contribution in [0.3, 0.4) is 0 Å². The van der Waals surface area contributed by atoms with Crippen molar-refractivity contribution in [1.29, 1.82) is 0 Å². The van der Waals surface area contributed by atoms with Crippen molar-refractivity contribution in [2.75, 3.05) is 5.32 Å². The SMILES string of the molecule is CC(C)c1cccc(NC(N)=NC2CCC2)c1.I. The number of halogens is 1. The zero-order valence-electron chi connectivity index (χ0n) is 11.0. The van der Waals surface area contributed by atoms with Crippen LogP contribution in [-0.4, -0.2) is 12.0 Å². The minimum atomic E-state index is 0. The average Bonchev–Trinajstić information content (AvgIpc) is 2.24. The van der Waals surface area contributed by atoms with Crippen molar-refractivity contribution in [3.63, 3.8) is 0 Å². The molecule has 3 nitrogen and oxygen atoms in total. The summed E-state index contributed by atoms with van der Waals surface area (Å²) in [6.07, 6.45) is 3.63. The van der Waals surface area contributed by atoms with Crippen molar-refractivity contribution in [3.8, 4) is 0 Å². The number of aliphatic imine (C=N–C) groups is 1. The van der Waals surface area contributed by atoms with Gasteiger partial charge in [-0.25, -0.2) is 4.99 Å². The maximum absolute atomic E-state index is 5.88. The van der Waals surface area contributed by atoms with Crippen molar-refractivity contribution < 1.29 is 0 Å². The molecule has 0 aromatic heterocycles. The summed E-state index contributed by atoms with van der Waals surface area (Å²) in [7, 11) is 0. The molecule has 1 aliphatic rings. The lowest BCUT2D eigenvalue weighted by molar-refractivity contribution is 0.420. The van der Waals surface area contributed by atoms with Crippen LogP contribution in [0.1, 0.15) is 44.6 Å². The molecule has 3 N–H and O–H groups in total. The summed E-state index contributed by atoms with van der Waals surface area (Å²) in [6, 6.07) is 8.78. The maximum atomic E-state index is 5.88. The van der Waals surface area contributed by atoms with E-state index in [0.717, 1.165) is 5.69 Å². The largest absolute Gasteiger partial charge is 0.370 e. The van der Waals surface area contributed by atoms with Gasteiger partial charge in [-0.1, -0.05) is 26.0 Å². The van der Waals surface area contributed by atoms with Crippen molar-refractivity contribution >= 4 is 35.6 Å². The van der Waals surface area contributed by atoms with Crippen molar-refractivity contribution in [3.05, 3.63) is 29.8 Å².